The Balaban J connectivity index is 1.72. The zero-order valence-corrected chi connectivity index (χ0v) is 21.0. The Morgan fingerprint density at radius 3 is 2.44 bits per heavy atom. The number of carbonyl (C=O) groups is 3. The van der Waals surface area contributed by atoms with Crippen LogP contribution in [-0.2, 0) is 37.4 Å². The Labute approximate surface area is 215 Å². The van der Waals surface area contributed by atoms with E-state index in [0.717, 1.165) is 4.80 Å². The molecule has 1 aromatic heterocycles. The highest BCUT2D eigenvalue weighted by molar-refractivity contribution is 7.89. The Bertz CT molecular complexity index is 1390. The number of carbonyl (C=O) groups excluding carboxylic acids is 2. The molecule has 3 N–H and O–H groups in total. The average Bonchev–Trinajstić information content (AvgIpc) is 3.22. The molecule has 1 unspecified atom stereocenters. The average molecular weight is 555 g/mol. The SMILES string of the molecule is CC(=O)Nc1ccc(S(=O)(=O)NC(CC(=O)O)C(=O)Cn2nnc(Cc3cccc(Cl)c3Cl)n2)cc1. The smallest absolute Gasteiger partial charge is 0.305 e. The third-order valence-corrected chi connectivity index (χ3v) is 7.07. The maximum atomic E-state index is 12.8. The normalized spacial score (nSPS) is 12.2. The number of benzene rings is 2. The summed E-state index contributed by atoms with van der Waals surface area (Å²) in [6.07, 6.45) is -0.630. The van der Waals surface area contributed by atoms with E-state index in [1.807, 2.05) is 0 Å². The van der Waals surface area contributed by atoms with Crippen molar-refractivity contribution in [2.24, 2.45) is 0 Å². The van der Waals surface area contributed by atoms with Gasteiger partial charge < -0.3 is 10.4 Å². The number of carboxylic acids is 1. The van der Waals surface area contributed by atoms with Crippen LogP contribution in [0, 0.1) is 0 Å². The lowest BCUT2D eigenvalue weighted by Crippen LogP contribution is -2.43. The first-order valence-corrected chi connectivity index (χ1v) is 12.5. The number of carboxylic acid groups (broad SMARTS) is 1. The second-order valence-electron chi connectivity index (χ2n) is 7.57. The fourth-order valence-corrected chi connectivity index (χ4v) is 4.70. The highest BCUT2D eigenvalue weighted by Gasteiger charge is 2.28. The van der Waals surface area contributed by atoms with Crippen LogP contribution >= 0.6 is 23.2 Å². The van der Waals surface area contributed by atoms with Crippen LogP contribution in [0.5, 0.6) is 0 Å². The molecule has 15 heteroatoms. The van der Waals surface area contributed by atoms with E-state index < -0.39 is 40.8 Å². The fourth-order valence-electron chi connectivity index (χ4n) is 3.09. The Hall–Kier alpha value is -3.39. The quantitative estimate of drug-likeness (QED) is 0.319. The van der Waals surface area contributed by atoms with E-state index >= 15 is 0 Å². The van der Waals surface area contributed by atoms with E-state index in [1.165, 1.54) is 31.2 Å². The molecule has 0 fully saturated rings. The fraction of sp³-hybridized carbons (Fsp3) is 0.238. The predicted molar refractivity (Wildman–Crippen MR) is 129 cm³/mol. The molecule has 3 rings (SSSR count). The van der Waals surface area contributed by atoms with Gasteiger partial charge in [-0.1, -0.05) is 35.3 Å². The Morgan fingerprint density at radius 1 is 1.11 bits per heavy atom. The summed E-state index contributed by atoms with van der Waals surface area (Å²) in [7, 11) is -4.27. The molecule has 0 aliphatic heterocycles. The van der Waals surface area contributed by atoms with E-state index in [1.54, 1.807) is 18.2 Å². The summed E-state index contributed by atoms with van der Waals surface area (Å²) in [5.74, 6) is -2.29. The largest absolute Gasteiger partial charge is 0.481 e. The molecule has 1 atom stereocenters. The van der Waals surface area contributed by atoms with Crippen molar-refractivity contribution in [2.75, 3.05) is 5.32 Å². The van der Waals surface area contributed by atoms with Gasteiger partial charge in [0.15, 0.2) is 11.6 Å². The number of hydrogen-bond donors (Lipinski definition) is 3. The number of Topliss-reactive ketones (excluding diaryl/α,β-unsaturated/α-hetero) is 1. The van der Waals surface area contributed by atoms with Gasteiger partial charge in [0.1, 0.15) is 6.54 Å². The van der Waals surface area contributed by atoms with E-state index in [9.17, 15) is 27.9 Å². The van der Waals surface area contributed by atoms with Crippen LogP contribution in [0.1, 0.15) is 24.7 Å². The standard InChI is InChI=1S/C21H20Cl2N6O6S/c1-12(30)24-14-5-7-15(8-6-14)36(34,35)27-17(10-20(32)33)18(31)11-29-26-19(25-28-29)9-13-3-2-4-16(22)21(13)23/h2-8,17,27H,9-11H2,1H3,(H,24,30)(H,32,33). The van der Waals surface area contributed by atoms with Crippen molar-refractivity contribution in [3.8, 4) is 0 Å². The summed E-state index contributed by atoms with van der Waals surface area (Å²) in [5, 5.41) is 24.1. The van der Waals surface area contributed by atoms with Crippen molar-refractivity contribution in [1.82, 2.24) is 24.9 Å². The van der Waals surface area contributed by atoms with Crippen LogP contribution in [0.2, 0.25) is 10.0 Å². The topological polar surface area (TPSA) is 173 Å². The summed E-state index contributed by atoms with van der Waals surface area (Å²) in [6.45, 7) is 0.770. The maximum absolute atomic E-state index is 12.8. The van der Waals surface area contributed by atoms with Crippen LogP contribution in [0.15, 0.2) is 47.4 Å². The first kappa shape index (κ1) is 27.2. The molecule has 36 heavy (non-hydrogen) atoms. The minimum absolute atomic E-state index is 0.174. The van der Waals surface area contributed by atoms with Crippen LogP contribution in [0.3, 0.4) is 0 Å². The van der Waals surface area contributed by atoms with Gasteiger partial charge in [-0.2, -0.15) is 9.52 Å². The van der Waals surface area contributed by atoms with Crippen molar-refractivity contribution < 1.29 is 27.9 Å². The first-order chi connectivity index (χ1) is 16.9. The second-order valence-corrected chi connectivity index (χ2v) is 10.1. The molecule has 190 valence electrons. The lowest BCUT2D eigenvalue weighted by Gasteiger charge is -2.16. The molecule has 2 aromatic carbocycles. The van der Waals surface area contributed by atoms with Crippen LogP contribution in [0.25, 0.3) is 0 Å². The van der Waals surface area contributed by atoms with Gasteiger partial charge in [-0.3, -0.25) is 14.4 Å². The summed E-state index contributed by atoms with van der Waals surface area (Å²) >= 11 is 12.2. The van der Waals surface area contributed by atoms with Crippen LogP contribution < -0.4 is 10.0 Å². The van der Waals surface area contributed by atoms with Gasteiger partial charge in [0, 0.05) is 19.0 Å². The highest BCUT2D eigenvalue weighted by Crippen LogP contribution is 2.26. The van der Waals surface area contributed by atoms with E-state index in [0.29, 0.717) is 21.3 Å². The van der Waals surface area contributed by atoms with Crippen molar-refractivity contribution in [3.63, 3.8) is 0 Å². The maximum Gasteiger partial charge on any atom is 0.305 e. The Morgan fingerprint density at radius 2 is 1.81 bits per heavy atom. The highest BCUT2D eigenvalue weighted by atomic mass is 35.5. The number of ketones is 1. The molecule has 0 aliphatic carbocycles. The number of hydrogen-bond acceptors (Lipinski definition) is 8. The lowest BCUT2D eigenvalue weighted by atomic mass is 10.1. The predicted octanol–water partition coefficient (Wildman–Crippen LogP) is 1.92. The number of nitrogens with zero attached hydrogens (tertiary/aromatic N) is 4. The summed E-state index contributed by atoms with van der Waals surface area (Å²) in [6, 6.07) is 8.59. The summed E-state index contributed by atoms with van der Waals surface area (Å²) < 4.78 is 27.6. The zero-order valence-electron chi connectivity index (χ0n) is 18.7. The third-order valence-electron chi connectivity index (χ3n) is 4.72. The summed E-state index contributed by atoms with van der Waals surface area (Å²) in [4.78, 5) is 35.9. The van der Waals surface area contributed by atoms with Crippen molar-refractivity contribution >= 4 is 56.6 Å². The van der Waals surface area contributed by atoms with Crippen LogP contribution in [0.4, 0.5) is 5.69 Å². The molecule has 0 bridgehead atoms. The molecule has 3 aromatic rings. The molecule has 1 heterocycles. The zero-order chi connectivity index (χ0) is 26.5. The van der Waals surface area contributed by atoms with Crippen molar-refractivity contribution in [2.45, 2.75) is 37.2 Å². The second kappa shape index (κ2) is 11.6. The molecule has 0 spiro atoms. The van der Waals surface area contributed by atoms with E-state index in [2.05, 4.69) is 25.4 Å². The molecule has 0 aliphatic rings. The number of rotatable bonds is 11. The van der Waals surface area contributed by atoms with Gasteiger partial charge in [0.2, 0.25) is 15.9 Å². The molecule has 0 radical (unpaired) electrons. The molecule has 0 saturated heterocycles. The first-order valence-electron chi connectivity index (χ1n) is 10.3. The Kier molecular flexibility index (Phi) is 8.74. The van der Waals surface area contributed by atoms with Gasteiger partial charge in [0.25, 0.3) is 0 Å². The third kappa shape index (κ3) is 7.31. The van der Waals surface area contributed by atoms with Gasteiger partial charge >= 0.3 is 5.97 Å². The minimum Gasteiger partial charge on any atom is -0.481 e. The summed E-state index contributed by atoms with van der Waals surface area (Å²) in [5.41, 5.74) is 1.00. The molecule has 1 amide bonds. The lowest BCUT2D eigenvalue weighted by molar-refractivity contribution is -0.139. The number of aromatic nitrogens is 4. The van der Waals surface area contributed by atoms with E-state index in [4.69, 9.17) is 23.2 Å². The van der Waals surface area contributed by atoms with Crippen LogP contribution in [-0.4, -0.2) is 57.4 Å². The molecule has 12 nitrogen and oxygen atoms in total. The monoisotopic (exact) mass is 554 g/mol. The van der Waals surface area contributed by atoms with Gasteiger partial charge in [-0.05, 0) is 41.1 Å². The number of nitrogens with one attached hydrogen (secondary N) is 2. The van der Waals surface area contributed by atoms with Gasteiger partial charge in [0.05, 0.1) is 27.4 Å². The molecular formula is C21H20Cl2N6O6S. The van der Waals surface area contributed by atoms with Crippen molar-refractivity contribution in [1.29, 1.82) is 0 Å². The number of tetrazole rings is 1. The minimum atomic E-state index is -4.27. The molecular weight excluding hydrogens is 535 g/mol. The van der Waals surface area contributed by atoms with E-state index in [-0.39, 0.29) is 23.0 Å². The van der Waals surface area contributed by atoms with Crippen molar-refractivity contribution in [3.05, 3.63) is 63.9 Å². The van der Waals surface area contributed by atoms with Gasteiger partial charge in [-0.25, -0.2) is 8.42 Å². The number of aliphatic carboxylic acids is 1. The number of anilines is 1. The van der Waals surface area contributed by atoms with Gasteiger partial charge in [-0.15, -0.1) is 10.2 Å². The molecule has 0 saturated carbocycles. The number of amides is 1. The number of sulfonamides is 1. The number of halogens is 2.